The Kier molecular flexibility index (Phi) is 3.88. The maximum atomic E-state index is 10.1. The molecule has 0 atom stereocenters. The average molecular weight is 282 g/mol. The highest BCUT2D eigenvalue weighted by Gasteiger charge is 2.19. The van der Waals surface area contributed by atoms with Gasteiger partial charge in [-0.3, -0.25) is 0 Å². The molecule has 0 fully saturated rings. The molecule has 21 heavy (non-hydrogen) atoms. The van der Waals surface area contributed by atoms with Crippen molar-refractivity contribution in [3.8, 4) is 16.9 Å². The first-order chi connectivity index (χ1) is 9.59. The Morgan fingerprint density at radius 1 is 0.667 bits per heavy atom. The van der Waals surface area contributed by atoms with Crippen LogP contribution in [0.5, 0.6) is 5.75 Å². The van der Waals surface area contributed by atoms with Crippen molar-refractivity contribution in [1.29, 1.82) is 0 Å². The molecule has 0 bridgehead atoms. The minimum atomic E-state index is -0.0640. The van der Waals surface area contributed by atoms with E-state index in [2.05, 4.69) is 71.9 Å². The summed E-state index contributed by atoms with van der Waals surface area (Å²) >= 11 is 0. The van der Waals surface area contributed by atoms with E-state index in [1.165, 1.54) is 11.1 Å². The molecule has 2 rings (SSSR count). The van der Waals surface area contributed by atoms with Gasteiger partial charge in [0, 0.05) is 0 Å². The minimum Gasteiger partial charge on any atom is -0.508 e. The van der Waals surface area contributed by atoms with Crippen LogP contribution in [-0.2, 0) is 10.8 Å². The van der Waals surface area contributed by atoms with Crippen molar-refractivity contribution < 1.29 is 5.11 Å². The molecule has 0 amide bonds. The van der Waals surface area contributed by atoms with Crippen molar-refractivity contribution in [3.05, 3.63) is 53.6 Å². The molecule has 0 heterocycles. The minimum absolute atomic E-state index is 0.0640. The van der Waals surface area contributed by atoms with Gasteiger partial charge in [0.25, 0.3) is 0 Å². The van der Waals surface area contributed by atoms with E-state index in [0.717, 1.165) is 11.1 Å². The van der Waals surface area contributed by atoms with Gasteiger partial charge in [0.15, 0.2) is 0 Å². The molecule has 0 aliphatic rings. The molecule has 2 aromatic rings. The second-order valence-electron chi connectivity index (χ2n) is 7.81. The number of phenols is 1. The van der Waals surface area contributed by atoms with Crippen molar-refractivity contribution in [3.63, 3.8) is 0 Å². The summed E-state index contributed by atoms with van der Waals surface area (Å²) in [6, 6.07) is 14.6. The van der Waals surface area contributed by atoms with Crippen LogP contribution in [0.2, 0.25) is 0 Å². The zero-order valence-electron chi connectivity index (χ0n) is 14.0. The third-order valence-electron chi connectivity index (χ3n) is 3.89. The highest BCUT2D eigenvalue weighted by molar-refractivity contribution is 5.66. The number of hydrogen-bond donors (Lipinski definition) is 1. The van der Waals surface area contributed by atoms with Gasteiger partial charge in [-0.2, -0.15) is 0 Å². The van der Waals surface area contributed by atoms with Gasteiger partial charge in [0.2, 0.25) is 0 Å². The highest BCUT2D eigenvalue weighted by Crippen LogP contribution is 2.34. The van der Waals surface area contributed by atoms with Gasteiger partial charge in [0.1, 0.15) is 5.75 Å². The molecule has 0 aliphatic carbocycles. The highest BCUT2D eigenvalue weighted by atomic mass is 16.3. The SMILES string of the molecule is CC(C)(C)c1ccc(-c2ccc(O)c(C(C)(C)C)c2)cc1. The standard InChI is InChI=1S/C20H26O/c1-19(2,3)16-10-7-14(8-11-16)15-9-12-18(21)17(13-15)20(4,5)6/h7-13,21H,1-6H3. The molecule has 0 unspecified atom stereocenters. The van der Waals surface area contributed by atoms with Crippen LogP contribution in [0, 0.1) is 0 Å². The predicted octanol–water partition coefficient (Wildman–Crippen LogP) is 5.65. The Morgan fingerprint density at radius 2 is 1.19 bits per heavy atom. The molecular formula is C20H26O. The number of phenolic OH excluding ortho intramolecular Hbond substituents is 1. The monoisotopic (exact) mass is 282 g/mol. The Hall–Kier alpha value is -1.76. The molecular weight excluding hydrogens is 256 g/mol. The van der Waals surface area contributed by atoms with Gasteiger partial charge < -0.3 is 5.11 Å². The van der Waals surface area contributed by atoms with E-state index in [0.29, 0.717) is 5.75 Å². The van der Waals surface area contributed by atoms with Crippen LogP contribution in [0.3, 0.4) is 0 Å². The molecule has 1 nitrogen and oxygen atoms in total. The van der Waals surface area contributed by atoms with Gasteiger partial charge >= 0.3 is 0 Å². The van der Waals surface area contributed by atoms with E-state index in [-0.39, 0.29) is 10.8 Å². The molecule has 0 radical (unpaired) electrons. The first-order valence-corrected chi connectivity index (χ1v) is 7.53. The van der Waals surface area contributed by atoms with Gasteiger partial charge in [-0.25, -0.2) is 0 Å². The van der Waals surface area contributed by atoms with E-state index in [4.69, 9.17) is 0 Å². The maximum Gasteiger partial charge on any atom is 0.119 e. The first-order valence-electron chi connectivity index (χ1n) is 7.53. The van der Waals surface area contributed by atoms with Crippen LogP contribution < -0.4 is 0 Å². The Balaban J connectivity index is 2.44. The topological polar surface area (TPSA) is 20.2 Å². The molecule has 0 spiro atoms. The summed E-state index contributed by atoms with van der Waals surface area (Å²) in [6.45, 7) is 13.0. The lowest BCUT2D eigenvalue weighted by atomic mass is 9.83. The molecule has 1 heteroatoms. The van der Waals surface area contributed by atoms with E-state index < -0.39 is 0 Å². The largest absolute Gasteiger partial charge is 0.508 e. The molecule has 0 aromatic heterocycles. The lowest BCUT2D eigenvalue weighted by Gasteiger charge is -2.22. The molecule has 0 saturated heterocycles. The Morgan fingerprint density at radius 3 is 1.67 bits per heavy atom. The third kappa shape index (κ3) is 3.47. The van der Waals surface area contributed by atoms with Crippen molar-refractivity contribution in [2.24, 2.45) is 0 Å². The fourth-order valence-corrected chi connectivity index (χ4v) is 2.48. The third-order valence-corrected chi connectivity index (χ3v) is 3.89. The summed E-state index contributed by atoms with van der Waals surface area (Å²) in [7, 11) is 0. The molecule has 1 N–H and O–H groups in total. The van der Waals surface area contributed by atoms with E-state index >= 15 is 0 Å². The van der Waals surface area contributed by atoms with Crippen LogP contribution in [-0.4, -0.2) is 5.11 Å². The lowest BCUT2D eigenvalue weighted by molar-refractivity contribution is 0.447. The summed E-state index contributed by atoms with van der Waals surface area (Å²) in [6.07, 6.45) is 0. The average Bonchev–Trinajstić information content (AvgIpc) is 2.37. The Labute approximate surface area is 128 Å². The number of aromatic hydroxyl groups is 1. The summed E-state index contributed by atoms with van der Waals surface area (Å²) in [5.74, 6) is 0.373. The molecule has 2 aromatic carbocycles. The summed E-state index contributed by atoms with van der Waals surface area (Å²) in [5, 5.41) is 10.1. The van der Waals surface area contributed by atoms with Crippen molar-refractivity contribution in [2.75, 3.05) is 0 Å². The number of hydrogen-bond acceptors (Lipinski definition) is 1. The van der Waals surface area contributed by atoms with Crippen molar-refractivity contribution in [2.45, 2.75) is 52.4 Å². The van der Waals surface area contributed by atoms with Crippen molar-refractivity contribution >= 4 is 0 Å². The van der Waals surface area contributed by atoms with Gasteiger partial charge in [0.05, 0.1) is 0 Å². The maximum absolute atomic E-state index is 10.1. The van der Waals surface area contributed by atoms with Crippen LogP contribution >= 0.6 is 0 Å². The zero-order valence-corrected chi connectivity index (χ0v) is 14.0. The fraction of sp³-hybridized carbons (Fsp3) is 0.400. The summed E-state index contributed by atoms with van der Waals surface area (Å²) in [5.41, 5.74) is 4.77. The van der Waals surface area contributed by atoms with E-state index in [9.17, 15) is 5.11 Å². The lowest BCUT2D eigenvalue weighted by Crippen LogP contribution is -2.11. The van der Waals surface area contributed by atoms with Crippen molar-refractivity contribution in [1.82, 2.24) is 0 Å². The van der Waals surface area contributed by atoms with Crippen LogP contribution in [0.15, 0.2) is 42.5 Å². The normalized spacial score (nSPS) is 12.5. The first kappa shape index (κ1) is 15.6. The van der Waals surface area contributed by atoms with Gasteiger partial charge in [-0.05, 0) is 45.2 Å². The zero-order chi connectivity index (χ0) is 15.8. The number of rotatable bonds is 1. The predicted molar refractivity (Wildman–Crippen MR) is 90.9 cm³/mol. The Bertz CT molecular complexity index is 622. The van der Waals surface area contributed by atoms with Crippen LogP contribution in [0.25, 0.3) is 11.1 Å². The van der Waals surface area contributed by atoms with Crippen LogP contribution in [0.4, 0.5) is 0 Å². The van der Waals surface area contributed by atoms with Crippen LogP contribution in [0.1, 0.15) is 52.7 Å². The molecule has 0 aliphatic heterocycles. The summed E-state index contributed by atoms with van der Waals surface area (Å²) < 4.78 is 0. The van der Waals surface area contributed by atoms with E-state index in [1.54, 1.807) is 6.07 Å². The van der Waals surface area contributed by atoms with Gasteiger partial charge in [-0.15, -0.1) is 0 Å². The summed E-state index contributed by atoms with van der Waals surface area (Å²) in [4.78, 5) is 0. The molecule has 112 valence electrons. The quantitative estimate of drug-likeness (QED) is 0.716. The van der Waals surface area contributed by atoms with E-state index in [1.807, 2.05) is 6.07 Å². The fourth-order valence-electron chi connectivity index (χ4n) is 2.48. The van der Waals surface area contributed by atoms with Gasteiger partial charge in [-0.1, -0.05) is 71.9 Å². The number of benzene rings is 2. The smallest absolute Gasteiger partial charge is 0.119 e. The second kappa shape index (κ2) is 5.22. The second-order valence-corrected chi connectivity index (χ2v) is 7.81. The molecule has 0 saturated carbocycles.